The molecule has 0 amide bonds. The van der Waals surface area contributed by atoms with Crippen molar-refractivity contribution in [3.63, 3.8) is 0 Å². The number of nitrogens with two attached hydrogens (primary N) is 1. The van der Waals surface area contributed by atoms with Crippen molar-refractivity contribution < 1.29 is 17.9 Å². The zero-order chi connectivity index (χ0) is 16.4. The molecule has 0 unspecified atom stereocenters. The van der Waals surface area contributed by atoms with E-state index in [1.807, 2.05) is 0 Å². The van der Waals surface area contributed by atoms with Crippen molar-refractivity contribution in [1.82, 2.24) is 20.4 Å². The Labute approximate surface area is 132 Å². The summed E-state index contributed by atoms with van der Waals surface area (Å²) < 4.78 is 42.8. The molecule has 3 rings (SSSR count). The van der Waals surface area contributed by atoms with Gasteiger partial charge in [0, 0.05) is 11.0 Å². The summed E-state index contributed by atoms with van der Waals surface area (Å²) in [5.41, 5.74) is 2.62. The number of alkyl halides is 3. The molecule has 120 valence electrons. The maximum Gasteiger partial charge on any atom is 0.446 e. The summed E-state index contributed by atoms with van der Waals surface area (Å²) in [7, 11) is 0. The maximum atomic E-state index is 12.4. The highest BCUT2D eigenvalue weighted by atomic mass is 32.2. The Balaban J connectivity index is 1.77. The van der Waals surface area contributed by atoms with Crippen LogP contribution in [0.5, 0.6) is 5.75 Å². The molecule has 0 saturated heterocycles. The fourth-order valence-corrected chi connectivity index (χ4v) is 2.55. The number of nitrogens with zero attached hydrogens (tertiary/aromatic N) is 3. The number of nitrogen functional groups attached to an aromatic ring is 1. The van der Waals surface area contributed by atoms with Crippen LogP contribution in [0.1, 0.15) is 5.56 Å². The van der Waals surface area contributed by atoms with Crippen LogP contribution >= 0.6 is 11.8 Å². The van der Waals surface area contributed by atoms with Crippen LogP contribution in [0.15, 0.2) is 35.2 Å². The number of thioether (sulfide) groups is 1. The normalized spacial score (nSPS) is 11.8. The van der Waals surface area contributed by atoms with Crippen LogP contribution < -0.4 is 10.5 Å². The summed E-state index contributed by atoms with van der Waals surface area (Å²) in [5, 5.41) is 10.1. The van der Waals surface area contributed by atoms with Gasteiger partial charge in [0.2, 0.25) is 5.65 Å². The summed E-state index contributed by atoms with van der Waals surface area (Å²) in [4.78, 5) is 4.07. The van der Waals surface area contributed by atoms with Gasteiger partial charge >= 0.3 is 5.51 Å². The van der Waals surface area contributed by atoms with E-state index in [2.05, 4.69) is 20.4 Å². The molecule has 0 spiro atoms. The van der Waals surface area contributed by atoms with Crippen molar-refractivity contribution >= 4 is 28.7 Å². The highest BCUT2D eigenvalue weighted by Crippen LogP contribution is 2.37. The second kappa shape index (κ2) is 5.95. The molecular weight excluding hydrogens is 331 g/mol. The van der Waals surface area contributed by atoms with Crippen molar-refractivity contribution in [2.75, 3.05) is 5.73 Å². The first-order chi connectivity index (χ1) is 10.9. The van der Waals surface area contributed by atoms with E-state index < -0.39 is 5.51 Å². The smallest absolute Gasteiger partial charge is 0.446 e. The molecule has 23 heavy (non-hydrogen) atoms. The van der Waals surface area contributed by atoms with Gasteiger partial charge in [-0.3, -0.25) is 0 Å². The first-order valence-electron chi connectivity index (χ1n) is 6.35. The zero-order valence-electron chi connectivity index (χ0n) is 11.5. The standard InChI is InChI=1S/C13H10F3N5OS/c14-13(15,16)23-8-3-1-2-7(4-8)6-22-9-5-10(17)18-12-11(9)19-21-20-12/h1-5H,6H2,(H3,17,18,19,20,21). The minimum absolute atomic E-state index is 0.0671. The number of H-pyrrole nitrogens is 1. The predicted molar refractivity (Wildman–Crippen MR) is 78.8 cm³/mol. The molecule has 0 aliphatic rings. The highest BCUT2D eigenvalue weighted by molar-refractivity contribution is 8.00. The van der Waals surface area contributed by atoms with Crippen LogP contribution in [0.4, 0.5) is 19.0 Å². The van der Waals surface area contributed by atoms with E-state index in [0.29, 0.717) is 22.5 Å². The van der Waals surface area contributed by atoms with Gasteiger partial charge in [-0.25, -0.2) is 4.98 Å². The van der Waals surface area contributed by atoms with E-state index in [1.165, 1.54) is 18.2 Å². The first-order valence-corrected chi connectivity index (χ1v) is 7.17. The molecule has 3 aromatic rings. The second-order valence-corrected chi connectivity index (χ2v) is 5.66. The molecule has 3 N–H and O–H groups in total. The Morgan fingerprint density at radius 2 is 2.04 bits per heavy atom. The Kier molecular flexibility index (Phi) is 3.99. The molecule has 0 saturated carbocycles. The third-order valence-electron chi connectivity index (χ3n) is 2.80. The summed E-state index contributed by atoms with van der Waals surface area (Å²) in [5.74, 6) is 0.568. The summed E-state index contributed by atoms with van der Waals surface area (Å²) in [6.07, 6.45) is 0. The van der Waals surface area contributed by atoms with E-state index in [4.69, 9.17) is 10.5 Å². The van der Waals surface area contributed by atoms with Crippen LogP contribution in [0, 0.1) is 0 Å². The monoisotopic (exact) mass is 341 g/mol. The molecule has 10 heteroatoms. The number of fused-ring (bicyclic) bond motifs is 1. The SMILES string of the molecule is Nc1cc(OCc2cccc(SC(F)(F)F)c2)c2n[nH]nc2n1. The Morgan fingerprint density at radius 3 is 2.83 bits per heavy atom. The van der Waals surface area contributed by atoms with Gasteiger partial charge in [-0.1, -0.05) is 12.1 Å². The number of benzene rings is 1. The van der Waals surface area contributed by atoms with Crippen LogP contribution in [-0.4, -0.2) is 25.9 Å². The molecular formula is C13H10F3N5OS. The van der Waals surface area contributed by atoms with Gasteiger partial charge in [0.05, 0.1) is 0 Å². The lowest BCUT2D eigenvalue weighted by atomic mass is 10.2. The maximum absolute atomic E-state index is 12.4. The molecule has 0 aliphatic carbocycles. The van der Waals surface area contributed by atoms with Crippen molar-refractivity contribution in [2.45, 2.75) is 17.0 Å². The number of hydrogen-bond donors (Lipinski definition) is 2. The Bertz CT molecular complexity index is 836. The van der Waals surface area contributed by atoms with E-state index in [9.17, 15) is 13.2 Å². The highest BCUT2D eigenvalue weighted by Gasteiger charge is 2.29. The van der Waals surface area contributed by atoms with Gasteiger partial charge in [-0.2, -0.15) is 23.5 Å². The minimum atomic E-state index is -4.33. The predicted octanol–water partition coefficient (Wildman–Crippen LogP) is 3.13. The molecule has 0 aliphatic heterocycles. The molecule has 0 fully saturated rings. The third-order valence-corrected chi connectivity index (χ3v) is 3.52. The number of anilines is 1. The quantitative estimate of drug-likeness (QED) is 0.709. The third kappa shape index (κ3) is 3.83. The van der Waals surface area contributed by atoms with E-state index in [0.717, 1.165) is 0 Å². The topological polar surface area (TPSA) is 89.7 Å². The van der Waals surface area contributed by atoms with E-state index in [1.54, 1.807) is 12.1 Å². The van der Waals surface area contributed by atoms with Gasteiger partial charge in [0.25, 0.3) is 0 Å². The van der Waals surface area contributed by atoms with Crippen LogP contribution in [0.2, 0.25) is 0 Å². The van der Waals surface area contributed by atoms with E-state index >= 15 is 0 Å². The van der Waals surface area contributed by atoms with Gasteiger partial charge < -0.3 is 10.5 Å². The second-order valence-electron chi connectivity index (χ2n) is 4.52. The summed E-state index contributed by atoms with van der Waals surface area (Å²) in [6, 6.07) is 7.51. The van der Waals surface area contributed by atoms with Crippen molar-refractivity contribution in [3.05, 3.63) is 35.9 Å². The molecule has 2 heterocycles. The average molecular weight is 341 g/mol. The molecule has 0 bridgehead atoms. The van der Waals surface area contributed by atoms with E-state index in [-0.39, 0.29) is 29.1 Å². The molecule has 0 atom stereocenters. The lowest BCUT2D eigenvalue weighted by Crippen LogP contribution is -2.01. The first kappa shape index (κ1) is 15.4. The van der Waals surface area contributed by atoms with Gasteiger partial charge in [0.1, 0.15) is 12.4 Å². The number of aromatic nitrogens is 4. The molecule has 0 radical (unpaired) electrons. The van der Waals surface area contributed by atoms with Crippen LogP contribution in [0.25, 0.3) is 11.2 Å². The largest absolute Gasteiger partial charge is 0.486 e. The number of rotatable bonds is 4. The lowest BCUT2D eigenvalue weighted by Gasteiger charge is -2.09. The minimum Gasteiger partial charge on any atom is -0.486 e. The Morgan fingerprint density at radius 1 is 1.22 bits per heavy atom. The number of nitrogens with one attached hydrogen (secondary N) is 1. The van der Waals surface area contributed by atoms with Crippen molar-refractivity contribution in [3.8, 4) is 5.75 Å². The summed E-state index contributed by atoms with van der Waals surface area (Å²) in [6.45, 7) is 0.0671. The number of pyridine rings is 1. The molecule has 6 nitrogen and oxygen atoms in total. The van der Waals surface area contributed by atoms with Crippen molar-refractivity contribution in [2.24, 2.45) is 0 Å². The lowest BCUT2D eigenvalue weighted by molar-refractivity contribution is -0.0328. The van der Waals surface area contributed by atoms with Crippen molar-refractivity contribution in [1.29, 1.82) is 0 Å². The zero-order valence-corrected chi connectivity index (χ0v) is 12.3. The van der Waals surface area contributed by atoms with Gasteiger partial charge in [-0.15, -0.1) is 5.10 Å². The number of halogens is 3. The molecule has 2 aromatic heterocycles. The van der Waals surface area contributed by atoms with Gasteiger partial charge in [-0.05, 0) is 29.5 Å². The summed E-state index contributed by atoms with van der Waals surface area (Å²) >= 11 is -0.170. The Hall–Kier alpha value is -2.49. The fourth-order valence-electron chi connectivity index (χ4n) is 1.93. The molecule has 1 aromatic carbocycles. The van der Waals surface area contributed by atoms with Crippen LogP contribution in [-0.2, 0) is 6.61 Å². The average Bonchev–Trinajstić information content (AvgIpc) is 2.91. The fraction of sp³-hybridized carbons (Fsp3) is 0.154. The van der Waals surface area contributed by atoms with Gasteiger partial charge in [0.15, 0.2) is 11.3 Å². The number of ether oxygens (including phenoxy) is 1. The number of aromatic amines is 1. The van der Waals surface area contributed by atoms with Crippen LogP contribution in [0.3, 0.4) is 0 Å². The number of hydrogen-bond acceptors (Lipinski definition) is 6.